The maximum absolute atomic E-state index is 11.0. The average molecular weight is 744 g/mol. The van der Waals surface area contributed by atoms with Gasteiger partial charge in [-0.25, -0.2) is 29.3 Å². The van der Waals surface area contributed by atoms with Crippen LogP contribution in [-0.4, -0.2) is 57.3 Å². The zero-order chi connectivity index (χ0) is 40.8. The van der Waals surface area contributed by atoms with E-state index in [2.05, 4.69) is 25.4 Å². The molecule has 0 amide bonds. The van der Waals surface area contributed by atoms with Crippen LogP contribution in [0.1, 0.15) is 96.5 Å². The third kappa shape index (κ3) is 13.7. The number of aromatic nitrogens is 3. The molecule has 0 saturated heterocycles. The Kier molecular flexibility index (Phi) is 19.0. The summed E-state index contributed by atoms with van der Waals surface area (Å²) in [6.45, 7) is 18.1. The van der Waals surface area contributed by atoms with Crippen molar-refractivity contribution >= 4 is 17.1 Å². The summed E-state index contributed by atoms with van der Waals surface area (Å²) in [4.78, 5) is 62.2. The van der Waals surface area contributed by atoms with Crippen LogP contribution in [0.3, 0.4) is 0 Å². The predicted molar refractivity (Wildman–Crippen MR) is 193 cm³/mol. The molecule has 0 atom stereocenters. The van der Waals surface area contributed by atoms with Crippen LogP contribution < -0.4 is 5.73 Å². The van der Waals surface area contributed by atoms with Crippen LogP contribution in [0, 0.1) is 30.3 Å². The first-order valence-electron chi connectivity index (χ1n) is 16.0. The Morgan fingerprint density at radius 3 is 1.19 bits per heavy atom. The zero-order valence-corrected chi connectivity index (χ0v) is 33.1. The summed E-state index contributed by atoms with van der Waals surface area (Å²) in [5.74, 6) is 0. The molecule has 0 spiro atoms. The summed E-state index contributed by atoms with van der Waals surface area (Å²) in [5, 5.41) is 32.8. The number of H-pyrrole nitrogens is 1. The second-order valence-electron chi connectivity index (χ2n) is 14.2. The van der Waals surface area contributed by atoms with E-state index in [0.29, 0.717) is 17.1 Å². The SMILES string of the molecule is CN.COOCc1[nH]c(C(C)(C)C)cc1[N+](=O)[O-].COOCc1c([N+](=O)[O-])cc(C(C)(C)C)n1C.COOCc1c([N+](=O)[O-])cc(C(C)(C)C)n1C. The molecule has 0 radical (unpaired) electrons. The number of nitrogens with two attached hydrogens (primary N) is 1. The monoisotopic (exact) mass is 743 g/mol. The first-order chi connectivity index (χ1) is 23.9. The molecule has 0 fully saturated rings. The van der Waals surface area contributed by atoms with Gasteiger partial charge in [-0.2, -0.15) is 0 Å². The summed E-state index contributed by atoms with van der Waals surface area (Å²) >= 11 is 0. The van der Waals surface area contributed by atoms with Crippen molar-refractivity contribution in [1.82, 2.24) is 14.1 Å². The number of aromatic amines is 1. The molecule has 3 heterocycles. The van der Waals surface area contributed by atoms with Crippen LogP contribution in [0.15, 0.2) is 18.2 Å². The first kappa shape index (κ1) is 47.8. The van der Waals surface area contributed by atoms with Crippen LogP contribution in [0.25, 0.3) is 0 Å². The van der Waals surface area contributed by atoms with Gasteiger partial charge in [-0.05, 0) is 7.05 Å². The van der Waals surface area contributed by atoms with Gasteiger partial charge in [0.15, 0.2) is 0 Å². The van der Waals surface area contributed by atoms with E-state index < -0.39 is 14.8 Å². The molecule has 0 unspecified atom stereocenters. The van der Waals surface area contributed by atoms with Crippen molar-refractivity contribution in [1.29, 1.82) is 0 Å². The van der Waals surface area contributed by atoms with Crippen LogP contribution in [-0.2, 0) is 79.5 Å². The number of nitrogens with zero attached hydrogens (tertiary/aromatic N) is 5. The number of hydrogen-bond acceptors (Lipinski definition) is 13. The Labute approximate surface area is 304 Å². The lowest BCUT2D eigenvalue weighted by Crippen LogP contribution is -2.17. The molecule has 0 aromatic carbocycles. The quantitative estimate of drug-likeness (QED) is 0.115. The third-order valence-electron chi connectivity index (χ3n) is 7.43. The van der Waals surface area contributed by atoms with E-state index in [0.717, 1.165) is 17.1 Å². The average Bonchev–Trinajstić information content (AvgIpc) is 3.72. The fourth-order valence-electron chi connectivity index (χ4n) is 4.86. The van der Waals surface area contributed by atoms with E-state index in [1.54, 1.807) is 35.4 Å². The van der Waals surface area contributed by atoms with E-state index in [1.807, 2.05) is 62.3 Å². The van der Waals surface area contributed by atoms with Gasteiger partial charge in [0.2, 0.25) is 0 Å². The Bertz CT molecular complexity index is 1510. The van der Waals surface area contributed by atoms with Gasteiger partial charge in [0.05, 0.1) is 36.1 Å². The summed E-state index contributed by atoms with van der Waals surface area (Å²) in [6, 6.07) is 4.72. The highest BCUT2D eigenvalue weighted by atomic mass is 17.2. The van der Waals surface area contributed by atoms with Gasteiger partial charge in [-0.3, -0.25) is 30.3 Å². The summed E-state index contributed by atoms with van der Waals surface area (Å²) in [7, 11) is 9.20. The fraction of sp³-hybridized carbons (Fsp3) is 0.636. The van der Waals surface area contributed by atoms with Crippen LogP contribution in [0.5, 0.6) is 0 Å². The summed E-state index contributed by atoms with van der Waals surface area (Å²) < 4.78 is 3.58. The summed E-state index contributed by atoms with van der Waals surface area (Å²) in [6.07, 6.45) is 0. The third-order valence-corrected chi connectivity index (χ3v) is 7.43. The smallest absolute Gasteiger partial charge is 0.292 e. The number of rotatable bonds is 12. The maximum atomic E-state index is 11.0. The second-order valence-corrected chi connectivity index (χ2v) is 14.2. The molecule has 0 bridgehead atoms. The fourth-order valence-corrected chi connectivity index (χ4v) is 4.86. The highest BCUT2D eigenvalue weighted by molar-refractivity contribution is 5.44. The van der Waals surface area contributed by atoms with Crippen LogP contribution in [0.2, 0.25) is 0 Å². The molecule has 296 valence electrons. The van der Waals surface area contributed by atoms with Gasteiger partial charge in [-0.1, -0.05) is 62.3 Å². The second kappa shape index (κ2) is 20.7. The van der Waals surface area contributed by atoms with Crippen molar-refractivity contribution in [2.45, 2.75) is 98.4 Å². The topological polar surface area (TPSA) is 236 Å². The van der Waals surface area contributed by atoms with Crippen molar-refractivity contribution in [2.75, 3.05) is 28.4 Å². The van der Waals surface area contributed by atoms with Gasteiger partial charge in [0, 0.05) is 65.6 Å². The maximum Gasteiger partial charge on any atom is 0.292 e. The van der Waals surface area contributed by atoms with Gasteiger partial charge < -0.3 is 19.9 Å². The molecule has 0 aliphatic heterocycles. The molecular formula is C33H57N7O12. The van der Waals surface area contributed by atoms with E-state index in [4.69, 9.17) is 14.7 Å². The first-order valence-corrected chi connectivity index (χ1v) is 16.0. The molecule has 19 heteroatoms. The molecular weight excluding hydrogens is 686 g/mol. The van der Waals surface area contributed by atoms with Gasteiger partial charge >= 0.3 is 0 Å². The molecule has 19 nitrogen and oxygen atoms in total. The molecule has 3 N–H and O–H groups in total. The minimum absolute atomic E-state index is 0.0296. The van der Waals surface area contributed by atoms with Crippen molar-refractivity contribution in [3.63, 3.8) is 0 Å². The standard InChI is InChI=1S/2C11H18N2O4.C10H16N2O4.CH5N/c2*1-11(2,3)10-6-8(13(14)15)9(12(10)4)7-17-16-5;1-10(2,3)9-5-8(12(13)14)7(11-9)6-16-15-4;1-2/h2*6H,7H2,1-5H3;5,11H,6H2,1-4H3;2H2,1H3. The van der Waals surface area contributed by atoms with E-state index in [9.17, 15) is 30.3 Å². The number of nitrogens with one attached hydrogen (secondary N) is 1. The number of nitro groups is 3. The molecule has 3 aromatic heterocycles. The Hall–Kier alpha value is -4.24. The lowest BCUT2D eigenvalue weighted by atomic mass is 9.92. The molecule has 52 heavy (non-hydrogen) atoms. The van der Waals surface area contributed by atoms with E-state index in [1.165, 1.54) is 34.4 Å². The molecule has 3 aromatic rings. The Morgan fingerprint density at radius 2 is 0.923 bits per heavy atom. The molecule has 3 rings (SSSR count). The Balaban J connectivity index is 0.000000732. The van der Waals surface area contributed by atoms with E-state index >= 15 is 0 Å². The van der Waals surface area contributed by atoms with Crippen molar-refractivity contribution in [3.05, 3.63) is 82.7 Å². The largest absolute Gasteiger partial charge is 0.354 e. The summed E-state index contributed by atoms with van der Waals surface area (Å²) in [5.41, 5.74) is 8.16. The minimum atomic E-state index is -0.430. The lowest BCUT2D eigenvalue weighted by Gasteiger charge is -2.19. The van der Waals surface area contributed by atoms with Crippen LogP contribution >= 0.6 is 0 Å². The van der Waals surface area contributed by atoms with Crippen molar-refractivity contribution in [3.8, 4) is 0 Å². The van der Waals surface area contributed by atoms with E-state index in [-0.39, 0.29) is 53.1 Å². The molecule has 0 aliphatic rings. The highest BCUT2D eigenvalue weighted by Gasteiger charge is 2.29. The minimum Gasteiger partial charge on any atom is -0.354 e. The molecule has 0 aliphatic carbocycles. The van der Waals surface area contributed by atoms with Crippen molar-refractivity contribution < 1.29 is 44.1 Å². The predicted octanol–water partition coefficient (Wildman–Crippen LogP) is 6.49. The Morgan fingerprint density at radius 1 is 0.596 bits per heavy atom. The van der Waals surface area contributed by atoms with Gasteiger partial charge in [0.25, 0.3) is 17.1 Å². The number of hydrogen-bond donors (Lipinski definition) is 2. The van der Waals surface area contributed by atoms with Gasteiger partial charge in [0.1, 0.15) is 36.9 Å². The lowest BCUT2D eigenvalue weighted by molar-refractivity contribution is -0.387. The molecule has 0 saturated carbocycles. The van der Waals surface area contributed by atoms with Gasteiger partial charge in [-0.15, -0.1) is 0 Å². The highest BCUT2D eigenvalue weighted by Crippen LogP contribution is 2.33. The zero-order valence-electron chi connectivity index (χ0n) is 33.1. The van der Waals surface area contributed by atoms with Crippen molar-refractivity contribution in [2.24, 2.45) is 19.8 Å². The normalized spacial score (nSPS) is 11.5. The van der Waals surface area contributed by atoms with Crippen LogP contribution in [0.4, 0.5) is 17.1 Å².